The van der Waals surface area contributed by atoms with Gasteiger partial charge in [-0.25, -0.2) is 9.78 Å². The molecule has 15 heavy (non-hydrogen) atoms. The Morgan fingerprint density at radius 3 is 2.87 bits per heavy atom. The van der Waals surface area contributed by atoms with Crippen LogP contribution in [-0.2, 0) is 0 Å². The van der Waals surface area contributed by atoms with Crippen LogP contribution >= 0.6 is 0 Å². The topological polar surface area (TPSA) is 72.3 Å². The first-order chi connectivity index (χ1) is 7.25. The molecule has 0 unspecified atom stereocenters. The summed E-state index contributed by atoms with van der Waals surface area (Å²) in [7, 11) is 0. The minimum Gasteiger partial charge on any atom is -0.477 e. The zero-order valence-electron chi connectivity index (χ0n) is 8.22. The summed E-state index contributed by atoms with van der Waals surface area (Å²) in [5, 5.41) is 8.72. The molecule has 1 aromatic heterocycles. The van der Waals surface area contributed by atoms with Gasteiger partial charge in [0.05, 0.1) is 0 Å². The molecule has 1 saturated carbocycles. The number of aromatic nitrogens is 2. The predicted octanol–water partition coefficient (Wildman–Crippen LogP) is 1.50. The quantitative estimate of drug-likeness (QED) is 0.814. The van der Waals surface area contributed by atoms with Gasteiger partial charge < -0.3 is 9.84 Å². The molecule has 0 saturated heterocycles. The Balaban J connectivity index is 2.07. The molecule has 1 fully saturated rings. The first-order valence-corrected chi connectivity index (χ1v) is 4.99. The van der Waals surface area contributed by atoms with E-state index < -0.39 is 5.97 Å². The second-order valence-corrected chi connectivity index (χ2v) is 3.55. The number of ether oxygens (including phenoxy) is 1. The van der Waals surface area contributed by atoms with E-state index in [1.807, 2.05) is 0 Å². The van der Waals surface area contributed by atoms with Crippen molar-refractivity contribution in [2.45, 2.75) is 31.8 Å². The summed E-state index contributed by atoms with van der Waals surface area (Å²) in [5.41, 5.74) is -0.0296. The zero-order chi connectivity index (χ0) is 10.7. The van der Waals surface area contributed by atoms with E-state index in [-0.39, 0.29) is 17.8 Å². The normalized spacial score (nSPS) is 16.5. The van der Waals surface area contributed by atoms with Crippen molar-refractivity contribution in [2.24, 2.45) is 0 Å². The lowest BCUT2D eigenvalue weighted by Crippen LogP contribution is -2.14. The highest BCUT2D eigenvalue weighted by molar-refractivity contribution is 5.85. The van der Waals surface area contributed by atoms with E-state index in [2.05, 4.69) is 9.97 Å². The van der Waals surface area contributed by atoms with Gasteiger partial charge in [0.1, 0.15) is 6.10 Å². The number of nitrogens with zero attached hydrogens (tertiary/aromatic N) is 2. The van der Waals surface area contributed by atoms with Gasteiger partial charge in [-0.1, -0.05) is 0 Å². The Morgan fingerprint density at radius 2 is 2.20 bits per heavy atom. The largest absolute Gasteiger partial charge is 0.477 e. The second kappa shape index (κ2) is 4.25. The van der Waals surface area contributed by atoms with Crippen LogP contribution in [-0.4, -0.2) is 27.1 Å². The molecular formula is C10H12N2O3. The molecule has 0 bridgehead atoms. The molecule has 1 aromatic rings. The zero-order valence-corrected chi connectivity index (χ0v) is 8.22. The van der Waals surface area contributed by atoms with Crippen LogP contribution in [0.1, 0.15) is 36.2 Å². The minimum absolute atomic E-state index is 0.0296. The lowest BCUT2D eigenvalue weighted by atomic mass is 10.3. The number of hydrogen-bond donors (Lipinski definition) is 1. The molecular weight excluding hydrogens is 196 g/mol. The number of carboxylic acids is 1. The van der Waals surface area contributed by atoms with Gasteiger partial charge in [-0.3, -0.25) is 0 Å². The lowest BCUT2D eigenvalue weighted by molar-refractivity contribution is 0.0687. The van der Waals surface area contributed by atoms with Crippen LogP contribution < -0.4 is 4.74 Å². The highest BCUT2D eigenvalue weighted by Crippen LogP contribution is 2.21. The first kappa shape index (κ1) is 9.89. The second-order valence-electron chi connectivity index (χ2n) is 3.55. The summed E-state index contributed by atoms with van der Waals surface area (Å²) >= 11 is 0. The molecule has 80 valence electrons. The van der Waals surface area contributed by atoms with Crippen LogP contribution in [0.25, 0.3) is 0 Å². The minimum atomic E-state index is -1.06. The van der Waals surface area contributed by atoms with Crippen LogP contribution in [0.4, 0.5) is 0 Å². The van der Waals surface area contributed by atoms with Crippen LogP contribution in [0, 0.1) is 0 Å². The van der Waals surface area contributed by atoms with Gasteiger partial charge in [-0.05, 0) is 31.7 Å². The molecule has 1 aliphatic carbocycles. The van der Waals surface area contributed by atoms with Crippen LogP contribution in [0.2, 0.25) is 0 Å². The molecule has 0 spiro atoms. The molecule has 0 aromatic carbocycles. The van der Waals surface area contributed by atoms with Crippen molar-refractivity contribution in [3.63, 3.8) is 0 Å². The van der Waals surface area contributed by atoms with Crippen molar-refractivity contribution < 1.29 is 14.6 Å². The molecule has 5 nitrogen and oxygen atoms in total. The third-order valence-corrected chi connectivity index (χ3v) is 2.43. The maximum absolute atomic E-state index is 10.6. The first-order valence-electron chi connectivity index (χ1n) is 4.99. The van der Waals surface area contributed by atoms with E-state index >= 15 is 0 Å². The monoisotopic (exact) mass is 208 g/mol. The molecule has 0 radical (unpaired) electrons. The van der Waals surface area contributed by atoms with E-state index in [0.29, 0.717) is 0 Å². The van der Waals surface area contributed by atoms with E-state index in [1.54, 1.807) is 0 Å². The third-order valence-electron chi connectivity index (χ3n) is 2.43. The van der Waals surface area contributed by atoms with Crippen LogP contribution in [0.15, 0.2) is 12.3 Å². The summed E-state index contributed by atoms with van der Waals surface area (Å²) in [6, 6.07) is 1.52. The van der Waals surface area contributed by atoms with E-state index in [9.17, 15) is 4.79 Å². The van der Waals surface area contributed by atoms with E-state index in [1.165, 1.54) is 12.3 Å². The summed E-state index contributed by atoms with van der Waals surface area (Å²) in [6.45, 7) is 0. The van der Waals surface area contributed by atoms with Gasteiger partial charge in [0, 0.05) is 6.20 Å². The highest BCUT2D eigenvalue weighted by Gasteiger charge is 2.18. The van der Waals surface area contributed by atoms with Gasteiger partial charge >= 0.3 is 12.0 Å². The molecule has 5 heteroatoms. The van der Waals surface area contributed by atoms with E-state index in [0.717, 1.165) is 25.7 Å². The highest BCUT2D eigenvalue weighted by atomic mass is 16.5. The fourth-order valence-corrected chi connectivity index (χ4v) is 1.67. The van der Waals surface area contributed by atoms with E-state index in [4.69, 9.17) is 9.84 Å². The molecule has 1 heterocycles. The van der Waals surface area contributed by atoms with Crippen molar-refractivity contribution in [1.82, 2.24) is 9.97 Å². The fraction of sp³-hybridized carbons (Fsp3) is 0.500. The number of aromatic carboxylic acids is 1. The average Bonchev–Trinajstić information content (AvgIpc) is 2.71. The Hall–Kier alpha value is -1.65. The van der Waals surface area contributed by atoms with Gasteiger partial charge in [0.2, 0.25) is 0 Å². The molecule has 1 N–H and O–H groups in total. The SMILES string of the molecule is O=C(O)c1ccnc(OC2CCCC2)n1. The Labute approximate surface area is 87.1 Å². The maximum Gasteiger partial charge on any atom is 0.354 e. The van der Waals surface area contributed by atoms with Crippen molar-refractivity contribution in [1.29, 1.82) is 0 Å². The molecule has 2 rings (SSSR count). The summed E-state index contributed by atoms with van der Waals surface area (Å²) in [4.78, 5) is 18.3. The lowest BCUT2D eigenvalue weighted by Gasteiger charge is -2.10. The van der Waals surface area contributed by atoms with Gasteiger partial charge in [-0.2, -0.15) is 4.98 Å². The third kappa shape index (κ3) is 2.43. The van der Waals surface area contributed by atoms with Crippen molar-refractivity contribution >= 4 is 5.97 Å². The van der Waals surface area contributed by atoms with Crippen molar-refractivity contribution in [3.8, 4) is 6.01 Å². The van der Waals surface area contributed by atoms with Crippen LogP contribution in [0.5, 0.6) is 6.01 Å². The number of carboxylic acid groups (broad SMARTS) is 1. The maximum atomic E-state index is 10.6. The van der Waals surface area contributed by atoms with Gasteiger partial charge in [0.15, 0.2) is 5.69 Å². The molecule has 1 aliphatic rings. The fourth-order valence-electron chi connectivity index (χ4n) is 1.67. The predicted molar refractivity (Wildman–Crippen MR) is 51.9 cm³/mol. The average molecular weight is 208 g/mol. The molecule has 0 aliphatic heterocycles. The summed E-state index contributed by atoms with van der Waals surface area (Å²) in [6.07, 6.45) is 5.86. The number of carbonyl (C=O) groups is 1. The Bertz CT molecular complexity index is 361. The van der Waals surface area contributed by atoms with Gasteiger partial charge in [0.25, 0.3) is 0 Å². The van der Waals surface area contributed by atoms with Gasteiger partial charge in [-0.15, -0.1) is 0 Å². The summed E-state index contributed by atoms with van der Waals surface area (Å²) in [5.74, 6) is -1.06. The molecule has 0 amide bonds. The smallest absolute Gasteiger partial charge is 0.354 e. The number of rotatable bonds is 3. The molecule has 0 atom stereocenters. The summed E-state index contributed by atoms with van der Waals surface area (Å²) < 4.78 is 5.48. The Kier molecular flexibility index (Phi) is 2.80. The standard InChI is InChI=1S/C10H12N2O3/c13-9(14)8-5-6-11-10(12-8)15-7-3-1-2-4-7/h5-7H,1-4H2,(H,13,14). The Morgan fingerprint density at radius 1 is 1.47 bits per heavy atom. The van der Waals surface area contributed by atoms with Crippen molar-refractivity contribution in [3.05, 3.63) is 18.0 Å². The van der Waals surface area contributed by atoms with Crippen LogP contribution in [0.3, 0.4) is 0 Å². The number of hydrogen-bond acceptors (Lipinski definition) is 4. The van der Waals surface area contributed by atoms with Crippen molar-refractivity contribution in [2.75, 3.05) is 0 Å².